The van der Waals surface area contributed by atoms with Crippen LogP contribution in [0, 0.1) is 0 Å². The van der Waals surface area contributed by atoms with Crippen molar-refractivity contribution in [2.75, 3.05) is 19.8 Å². The molecule has 2 rings (SSSR count). The lowest BCUT2D eigenvalue weighted by Gasteiger charge is -2.15. The molecule has 0 spiro atoms. The first-order chi connectivity index (χ1) is 10.2. The van der Waals surface area contributed by atoms with Gasteiger partial charge in [0.15, 0.2) is 11.5 Å². The zero-order valence-corrected chi connectivity index (χ0v) is 13.1. The summed E-state index contributed by atoms with van der Waals surface area (Å²) in [6.07, 6.45) is 4.46. The average Bonchev–Trinajstić information content (AvgIpc) is 2.94. The van der Waals surface area contributed by atoms with E-state index in [9.17, 15) is 0 Å². The molecular formula is C17H27NO3. The number of nitrogens with two attached hydrogens (primary N) is 1. The highest BCUT2D eigenvalue weighted by Gasteiger charge is 2.15. The van der Waals surface area contributed by atoms with E-state index in [1.54, 1.807) is 0 Å². The molecule has 2 N–H and O–H groups in total. The number of ether oxygens (including phenoxy) is 3. The van der Waals surface area contributed by atoms with Crippen molar-refractivity contribution in [2.45, 2.75) is 51.7 Å². The maximum absolute atomic E-state index is 5.88. The van der Waals surface area contributed by atoms with Crippen molar-refractivity contribution >= 4 is 0 Å². The van der Waals surface area contributed by atoms with E-state index < -0.39 is 0 Å². The zero-order valence-electron chi connectivity index (χ0n) is 13.1. The van der Waals surface area contributed by atoms with Crippen molar-refractivity contribution in [3.8, 4) is 11.5 Å². The smallest absolute Gasteiger partial charge is 0.161 e. The lowest BCUT2D eigenvalue weighted by molar-refractivity contribution is 0.0897. The molecule has 1 fully saturated rings. The van der Waals surface area contributed by atoms with Crippen LogP contribution in [0.4, 0.5) is 0 Å². The second kappa shape index (κ2) is 8.25. The van der Waals surface area contributed by atoms with Crippen molar-refractivity contribution in [3.05, 3.63) is 23.8 Å². The van der Waals surface area contributed by atoms with E-state index in [2.05, 4.69) is 6.07 Å². The summed E-state index contributed by atoms with van der Waals surface area (Å²) in [7, 11) is 0. The van der Waals surface area contributed by atoms with Crippen molar-refractivity contribution < 1.29 is 14.2 Å². The number of rotatable bonds is 8. The van der Waals surface area contributed by atoms with Gasteiger partial charge in [-0.2, -0.15) is 0 Å². The summed E-state index contributed by atoms with van der Waals surface area (Å²) >= 11 is 0. The molecule has 4 nitrogen and oxygen atoms in total. The fourth-order valence-electron chi connectivity index (χ4n) is 2.61. The normalized spacial score (nSPS) is 19.5. The van der Waals surface area contributed by atoms with Gasteiger partial charge in [-0.05, 0) is 50.8 Å². The van der Waals surface area contributed by atoms with Crippen LogP contribution in [0.3, 0.4) is 0 Å². The lowest BCUT2D eigenvalue weighted by Crippen LogP contribution is -2.17. The van der Waals surface area contributed by atoms with Crippen LogP contribution < -0.4 is 15.2 Å². The van der Waals surface area contributed by atoms with Crippen LogP contribution >= 0.6 is 0 Å². The molecule has 2 unspecified atom stereocenters. The van der Waals surface area contributed by atoms with E-state index >= 15 is 0 Å². The molecule has 1 aromatic rings. The molecule has 1 aromatic carbocycles. The molecule has 2 atom stereocenters. The van der Waals surface area contributed by atoms with E-state index in [1.807, 2.05) is 26.0 Å². The van der Waals surface area contributed by atoms with E-state index in [1.165, 1.54) is 12.0 Å². The van der Waals surface area contributed by atoms with Crippen LogP contribution in [-0.2, 0) is 11.2 Å². The minimum atomic E-state index is 0.144. The van der Waals surface area contributed by atoms with Crippen LogP contribution in [0.5, 0.6) is 11.5 Å². The fourth-order valence-corrected chi connectivity index (χ4v) is 2.61. The third kappa shape index (κ3) is 5.21. The Labute approximate surface area is 127 Å². The highest BCUT2D eigenvalue weighted by Crippen LogP contribution is 2.29. The van der Waals surface area contributed by atoms with Gasteiger partial charge in [-0.3, -0.25) is 0 Å². The molecule has 0 aromatic heterocycles. The molecule has 1 heterocycles. The molecule has 1 aliphatic rings. The summed E-state index contributed by atoms with van der Waals surface area (Å²) in [5.41, 5.74) is 7.03. The van der Waals surface area contributed by atoms with Gasteiger partial charge in [0.2, 0.25) is 0 Å². The average molecular weight is 293 g/mol. The van der Waals surface area contributed by atoms with Gasteiger partial charge in [-0.1, -0.05) is 6.07 Å². The number of hydrogen-bond acceptors (Lipinski definition) is 4. The third-order valence-electron chi connectivity index (χ3n) is 3.59. The predicted molar refractivity (Wildman–Crippen MR) is 84.1 cm³/mol. The summed E-state index contributed by atoms with van der Waals surface area (Å²) in [6.45, 7) is 6.17. The fraction of sp³-hybridized carbons (Fsp3) is 0.647. The van der Waals surface area contributed by atoms with Crippen molar-refractivity contribution in [2.24, 2.45) is 5.73 Å². The highest BCUT2D eigenvalue weighted by molar-refractivity contribution is 5.43. The van der Waals surface area contributed by atoms with E-state index in [-0.39, 0.29) is 6.04 Å². The van der Waals surface area contributed by atoms with Gasteiger partial charge in [0.1, 0.15) is 0 Å². The van der Waals surface area contributed by atoms with Gasteiger partial charge < -0.3 is 19.9 Å². The quantitative estimate of drug-likeness (QED) is 0.800. The Kier molecular flexibility index (Phi) is 6.33. The molecule has 0 radical (unpaired) electrons. The largest absolute Gasteiger partial charge is 0.490 e. The maximum atomic E-state index is 5.88. The predicted octanol–water partition coefficient (Wildman–Crippen LogP) is 2.92. The lowest BCUT2D eigenvalue weighted by atomic mass is 10.1. The summed E-state index contributed by atoms with van der Waals surface area (Å²) in [4.78, 5) is 0. The highest BCUT2D eigenvalue weighted by atomic mass is 16.5. The summed E-state index contributed by atoms with van der Waals surface area (Å²) in [5.74, 6) is 1.62. The second-order valence-electron chi connectivity index (χ2n) is 5.67. The van der Waals surface area contributed by atoms with E-state index in [4.69, 9.17) is 19.9 Å². The van der Waals surface area contributed by atoms with Gasteiger partial charge in [0, 0.05) is 19.1 Å². The SMILES string of the molecule is CCOc1cc(CC(C)N)ccc1OCCC1CCCO1. The topological polar surface area (TPSA) is 53.7 Å². The number of hydrogen-bond donors (Lipinski definition) is 1. The van der Waals surface area contributed by atoms with E-state index in [0.717, 1.165) is 37.4 Å². The van der Waals surface area contributed by atoms with Gasteiger partial charge in [-0.25, -0.2) is 0 Å². The van der Waals surface area contributed by atoms with Crippen LogP contribution in [0.2, 0.25) is 0 Å². The van der Waals surface area contributed by atoms with Crippen molar-refractivity contribution in [1.29, 1.82) is 0 Å². The molecule has 0 amide bonds. The molecule has 0 aliphatic carbocycles. The van der Waals surface area contributed by atoms with Gasteiger partial charge >= 0.3 is 0 Å². The summed E-state index contributed by atoms with van der Waals surface area (Å²) in [5, 5.41) is 0. The van der Waals surface area contributed by atoms with Crippen molar-refractivity contribution in [1.82, 2.24) is 0 Å². The molecule has 4 heteroatoms. The van der Waals surface area contributed by atoms with Gasteiger partial charge in [0.25, 0.3) is 0 Å². The Balaban J connectivity index is 1.92. The molecule has 1 aliphatic heterocycles. The molecule has 0 bridgehead atoms. The monoisotopic (exact) mass is 293 g/mol. The molecule has 21 heavy (non-hydrogen) atoms. The van der Waals surface area contributed by atoms with Crippen LogP contribution in [0.1, 0.15) is 38.7 Å². The molecule has 0 saturated carbocycles. The zero-order chi connectivity index (χ0) is 15.1. The second-order valence-corrected chi connectivity index (χ2v) is 5.67. The molecule has 118 valence electrons. The maximum Gasteiger partial charge on any atom is 0.161 e. The summed E-state index contributed by atoms with van der Waals surface area (Å²) < 4.78 is 17.2. The van der Waals surface area contributed by atoms with Crippen LogP contribution in [0.25, 0.3) is 0 Å². The van der Waals surface area contributed by atoms with Crippen LogP contribution in [-0.4, -0.2) is 32.0 Å². The Bertz CT molecular complexity index is 428. The molecule has 1 saturated heterocycles. The number of benzene rings is 1. The van der Waals surface area contributed by atoms with Gasteiger partial charge in [-0.15, -0.1) is 0 Å². The Morgan fingerprint density at radius 2 is 2.19 bits per heavy atom. The molecular weight excluding hydrogens is 266 g/mol. The first kappa shape index (κ1) is 16.1. The minimum Gasteiger partial charge on any atom is -0.490 e. The summed E-state index contributed by atoms with van der Waals surface area (Å²) in [6, 6.07) is 6.23. The third-order valence-corrected chi connectivity index (χ3v) is 3.59. The minimum absolute atomic E-state index is 0.144. The Morgan fingerprint density at radius 3 is 2.86 bits per heavy atom. The van der Waals surface area contributed by atoms with Crippen LogP contribution in [0.15, 0.2) is 18.2 Å². The first-order valence-corrected chi connectivity index (χ1v) is 7.94. The first-order valence-electron chi connectivity index (χ1n) is 7.94. The van der Waals surface area contributed by atoms with E-state index in [0.29, 0.717) is 19.3 Å². The van der Waals surface area contributed by atoms with Crippen molar-refractivity contribution in [3.63, 3.8) is 0 Å². The standard InChI is InChI=1S/C17H27NO3/c1-3-19-17-12-14(11-13(2)18)6-7-16(17)21-10-8-15-5-4-9-20-15/h6-7,12-13,15H,3-5,8-11,18H2,1-2H3. The van der Waals surface area contributed by atoms with Gasteiger partial charge in [0.05, 0.1) is 19.3 Å². The Morgan fingerprint density at radius 1 is 1.33 bits per heavy atom. The Hall–Kier alpha value is -1.26.